The van der Waals surface area contributed by atoms with Crippen molar-refractivity contribution in [2.75, 3.05) is 6.54 Å². The Morgan fingerprint density at radius 2 is 1.92 bits per heavy atom. The van der Waals surface area contributed by atoms with Gasteiger partial charge in [-0.25, -0.2) is 0 Å². The Morgan fingerprint density at radius 3 is 2.56 bits per heavy atom. The number of rotatable bonds is 6. The lowest BCUT2D eigenvalue weighted by atomic mass is 10.1. The van der Waals surface area contributed by atoms with Crippen LogP contribution in [0.25, 0.3) is 11.3 Å². The highest BCUT2D eigenvalue weighted by Gasteiger charge is 2.22. The van der Waals surface area contributed by atoms with Crippen molar-refractivity contribution in [3.8, 4) is 11.3 Å². The Kier molecular flexibility index (Phi) is 4.92. The van der Waals surface area contributed by atoms with Crippen molar-refractivity contribution in [3.63, 3.8) is 0 Å². The number of benzene rings is 1. The molecule has 3 aromatic rings. The number of amides is 1. The molecule has 0 aliphatic rings. The highest BCUT2D eigenvalue weighted by atomic mass is 16.5. The molecule has 0 atom stereocenters. The number of hydrogen-bond donors (Lipinski definition) is 0. The average Bonchev–Trinajstić information content (AvgIpc) is 3.29. The molecule has 0 saturated carbocycles. The van der Waals surface area contributed by atoms with E-state index in [2.05, 4.69) is 15.3 Å². The fourth-order valence-corrected chi connectivity index (χ4v) is 2.33. The number of carbonyl (C=O) groups is 1. The summed E-state index contributed by atoms with van der Waals surface area (Å²) in [6.07, 6.45) is 0. The van der Waals surface area contributed by atoms with Gasteiger partial charge in [0.2, 0.25) is 11.7 Å². The maximum Gasteiger partial charge on any atom is 0.292 e. The molecule has 7 nitrogen and oxygen atoms in total. The van der Waals surface area contributed by atoms with E-state index in [1.807, 2.05) is 51.1 Å². The smallest absolute Gasteiger partial charge is 0.292 e. The van der Waals surface area contributed by atoms with Crippen molar-refractivity contribution in [1.29, 1.82) is 0 Å². The summed E-state index contributed by atoms with van der Waals surface area (Å²) in [5, 5.41) is 7.90. The minimum Gasteiger partial charge on any atom is -0.350 e. The van der Waals surface area contributed by atoms with Crippen LogP contribution >= 0.6 is 0 Å². The summed E-state index contributed by atoms with van der Waals surface area (Å²) in [6.45, 7) is 6.57. The van der Waals surface area contributed by atoms with Gasteiger partial charge in [0.05, 0.1) is 0 Å². The van der Waals surface area contributed by atoms with Crippen LogP contribution in [-0.2, 0) is 6.54 Å². The average molecular weight is 340 g/mol. The number of nitrogens with zero attached hydrogens (tertiary/aromatic N) is 4. The minimum absolute atomic E-state index is 0.172. The Morgan fingerprint density at radius 1 is 1.16 bits per heavy atom. The largest absolute Gasteiger partial charge is 0.350 e. The van der Waals surface area contributed by atoms with E-state index in [-0.39, 0.29) is 24.1 Å². The predicted molar refractivity (Wildman–Crippen MR) is 90.7 cm³/mol. The van der Waals surface area contributed by atoms with E-state index >= 15 is 0 Å². The third kappa shape index (κ3) is 3.76. The first-order valence-electron chi connectivity index (χ1n) is 8.22. The summed E-state index contributed by atoms with van der Waals surface area (Å²) in [6, 6.07) is 11.2. The first-order chi connectivity index (χ1) is 12.1. The molecule has 1 amide bonds. The molecule has 25 heavy (non-hydrogen) atoms. The van der Waals surface area contributed by atoms with Crippen LogP contribution in [0, 0.1) is 0 Å². The molecule has 0 unspecified atom stereocenters. The molecule has 0 radical (unpaired) electrons. The summed E-state index contributed by atoms with van der Waals surface area (Å²) in [5.41, 5.74) is 1.52. The van der Waals surface area contributed by atoms with Gasteiger partial charge in [0, 0.05) is 24.1 Å². The van der Waals surface area contributed by atoms with Crippen LogP contribution < -0.4 is 0 Å². The van der Waals surface area contributed by atoms with Crippen LogP contribution in [0.1, 0.15) is 49.0 Å². The molecular weight excluding hydrogens is 320 g/mol. The zero-order chi connectivity index (χ0) is 17.8. The summed E-state index contributed by atoms with van der Waals surface area (Å²) in [4.78, 5) is 18.6. The lowest BCUT2D eigenvalue weighted by molar-refractivity contribution is 0.0692. The van der Waals surface area contributed by atoms with E-state index in [4.69, 9.17) is 9.05 Å². The third-order valence-corrected chi connectivity index (χ3v) is 3.79. The molecule has 1 aromatic carbocycles. The Balaban J connectivity index is 1.75. The van der Waals surface area contributed by atoms with Crippen LogP contribution in [0.4, 0.5) is 0 Å². The standard InChI is InChI=1S/C18H20N4O3/c1-4-22(11-16-19-17(12(2)3)21-25-16)18(23)15-10-14(20-24-15)13-8-6-5-7-9-13/h5-10,12H,4,11H2,1-3H3. The second-order valence-corrected chi connectivity index (χ2v) is 5.96. The maximum atomic E-state index is 12.7. The molecule has 0 spiro atoms. The molecule has 2 aromatic heterocycles. The van der Waals surface area contributed by atoms with Gasteiger partial charge in [0.1, 0.15) is 12.2 Å². The van der Waals surface area contributed by atoms with Crippen LogP contribution in [0.2, 0.25) is 0 Å². The van der Waals surface area contributed by atoms with E-state index in [0.29, 0.717) is 24.0 Å². The lowest BCUT2D eigenvalue weighted by Crippen LogP contribution is -2.30. The molecular formula is C18H20N4O3. The molecule has 7 heteroatoms. The van der Waals surface area contributed by atoms with Crippen molar-refractivity contribution in [2.45, 2.75) is 33.2 Å². The second kappa shape index (κ2) is 7.29. The van der Waals surface area contributed by atoms with Crippen molar-refractivity contribution in [3.05, 3.63) is 53.9 Å². The van der Waals surface area contributed by atoms with Crippen molar-refractivity contribution >= 4 is 5.91 Å². The van der Waals surface area contributed by atoms with Gasteiger partial charge in [-0.3, -0.25) is 4.79 Å². The summed E-state index contributed by atoms with van der Waals surface area (Å²) < 4.78 is 10.5. The predicted octanol–water partition coefficient (Wildman–Crippen LogP) is 3.51. The highest BCUT2D eigenvalue weighted by Crippen LogP contribution is 2.20. The van der Waals surface area contributed by atoms with Gasteiger partial charge >= 0.3 is 0 Å². The Hall–Kier alpha value is -2.96. The van der Waals surface area contributed by atoms with Gasteiger partial charge in [0.15, 0.2) is 5.82 Å². The van der Waals surface area contributed by atoms with Gasteiger partial charge in [-0.15, -0.1) is 0 Å². The fourth-order valence-electron chi connectivity index (χ4n) is 2.33. The van der Waals surface area contributed by atoms with E-state index in [0.717, 1.165) is 5.56 Å². The maximum absolute atomic E-state index is 12.7. The minimum atomic E-state index is -0.263. The van der Waals surface area contributed by atoms with Gasteiger partial charge in [-0.2, -0.15) is 4.98 Å². The van der Waals surface area contributed by atoms with E-state index in [1.54, 1.807) is 11.0 Å². The molecule has 130 valence electrons. The van der Waals surface area contributed by atoms with Crippen LogP contribution in [0.15, 0.2) is 45.4 Å². The van der Waals surface area contributed by atoms with Crippen LogP contribution in [0.3, 0.4) is 0 Å². The molecule has 2 heterocycles. The van der Waals surface area contributed by atoms with E-state index in [9.17, 15) is 4.79 Å². The number of aromatic nitrogens is 3. The lowest BCUT2D eigenvalue weighted by Gasteiger charge is -2.16. The zero-order valence-corrected chi connectivity index (χ0v) is 14.5. The van der Waals surface area contributed by atoms with Gasteiger partial charge < -0.3 is 13.9 Å². The number of hydrogen-bond acceptors (Lipinski definition) is 6. The first-order valence-corrected chi connectivity index (χ1v) is 8.22. The molecule has 0 bridgehead atoms. The second-order valence-electron chi connectivity index (χ2n) is 5.96. The topological polar surface area (TPSA) is 85.3 Å². The van der Waals surface area contributed by atoms with Crippen LogP contribution in [-0.4, -0.2) is 32.6 Å². The molecule has 0 saturated heterocycles. The normalized spacial score (nSPS) is 11.0. The van der Waals surface area contributed by atoms with Crippen molar-refractivity contribution in [2.24, 2.45) is 0 Å². The number of carbonyl (C=O) groups excluding carboxylic acids is 1. The zero-order valence-electron chi connectivity index (χ0n) is 14.5. The van der Waals surface area contributed by atoms with E-state index in [1.165, 1.54) is 0 Å². The van der Waals surface area contributed by atoms with Gasteiger partial charge in [-0.1, -0.05) is 54.5 Å². The third-order valence-electron chi connectivity index (χ3n) is 3.79. The Bertz CT molecular complexity index is 839. The quantitative estimate of drug-likeness (QED) is 0.682. The van der Waals surface area contributed by atoms with Crippen molar-refractivity contribution < 1.29 is 13.8 Å². The summed E-state index contributed by atoms with van der Waals surface area (Å²) >= 11 is 0. The van der Waals surface area contributed by atoms with Gasteiger partial charge in [-0.05, 0) is 6.92 Å². The van der Waals surface area contributed by atoms with Gasteiger partial charge in [0.25, 0.3) is 5.91 Å². The van der Waals surface area contributed by atoms with Crippen LogP contribution in [0.5, 0.6) is 0 Å². The SMILES string of the molecule is CCN(Cc1nc(C(C)C)no1)C(=O)c1cc(-c2ccccc2)no1. The molecule has 0 aliphatic carbocycles. The molecule has 0 fully saturated rings. The highest BCUT2D eigenvalue weighted by molar-refractivity contribution is 5.92. The summed E-state index contributed by atoms with van der Waals surface area (Å²) in [7, 11) is 0. The Labute approximate surface area is 145 Å². The summed E-state index contributed by atoms with van der Waals surface area (Å²) in [5.74, 6) is 1.13. The molecule has 3 rings (SSSR count). The first kappa shape index (κ1) is 16.9. The molecule has 0 aliphatic heterocycles. The molecule has 0 N–H and O–H groups in total. The van der Waals surface area contributed by atoms with E-state index < -0.39 is 0 Å². The van der Waals surface area contributed by atoms with Crippen molar-refractivity contribution in [1.82, 2.24) is 20.2 Å². The fraction of sp³-hybridized carbons (Fsp3) is 0.333. The monoisotopic (exact) mass is 340 g/mol.